The average Bonchev–Trinajstić information content (AvgIpc) is 3.08. The predicted molar refractivity (Wildman–Crippen MR) is 87.2 cm³/mol. The van der Waals surface area contributed by atoms with E-state index in [4.69, 9.17) is 0 Å². The van der Waals surface area contributed by atoms with Crippen molar-refractivity contribution in [1.82, 2.24) is 20.0 Å². The number of urea groups is 1. The summed E-state index contributed by atoms with van der Waals surface area (Å²) in [5.74, 6) is -0.321. The second-order valence-corrected chi connectivity index (χ2v) is 5.96. The molecule has 1 aliphatic rings. The van der Waals surface area contributed by atoms with Gasteiger partial charge >= 0.3 is 6.03 Å². The minimum Gasteiger partial charge on any atom is -0.394 e. The summed E-state index contributed by atoms with van der Waals surface area (Å²) < 4.78 is 14.8. The van der Waals surface area contributed by atoms with Crippen LogP contribution in [-0.2, 0) is 6.54 Å². The van der Waals surface area contributed by atoms with Gasteiger partial charge in [-0.3, -0.25) is 0 Å². The van der Waals surface area contributed by atoms with E-state index in [2.05, 4.69) is 10.4 Å². The lowest BCUT2D eigenvalue weighted by Gasteiger charge is -2.34. The van der Waals surface area contributed by atoms with Crippen LogP contribution in [0.4, 0.5) is 9.18 Å². The quantitative estimate of drug-likeness (QED) is 0.900. The molecule has 3 rings (SSSR count). The number of amides is 2. The Balaban J connectivity index is 1.60. The first-order valence-corrected chi connectivity index (χ1v) is 8.12. The predicted octanol–water partition coefficient (Wildman–Crippen LogP) is 2.07. The standard InChI is InChI=1S/C17H21FN4O2/c18-14-4-3-6-15(8-14)22-11-13(10-20-22)9-19-17(24)21-7-2-1-5-16(21)12-23/h3-4,6,8,10-11,16,23H,1-2,5,7,9,12H2,(H,19,24)/t16-/m1/s1. The van der Waals surface area contributed by atoms with Gasteiger partial charge in [0.05, 0.1) is 24.5 Å². The maximum absolute atomic E-state index is 13.3. The van der Waals surface area contributed by atoms with Gasteiger partial charge in [0.25, 0.3) is 0 Å². The van der Waals surface area contributed by atoms with E-state index >= 15 is 0 Å². The molecule has 0 radical (unpaired) electrons. The molecule has 0 saturated carbocycles. The maximum Gasteiger partial charge on any atom is 0.317 e. The van der Waals surface area contributed by atoms with Crippen LogP contribution in [0.2, 0.25) is 0 Å². The molecule has 24 heavy (non-hydrogen) atoms. The minimum absolute atomic E-state index is 0.00900. The van der Waals surface area contributed by atoms with Crippen molar-refractivity contribution < 1.29 is 14.3 Å². The van der Waals surface area contributed by atoms with Crippen molar-refractivity contribution in [3.63, 3.8) is 0 Å². The highest BCUT2D eigenvalue weighted by atomic mass is 19.1. The second kappa shape index (κ2) is 7.44. The van der Waals surface area contributed by atoms with E-state index in [1.165, 1.54) is 12.1 Å². The smallest absolute Gasteiger partial charge is 0.317 e. The van der Waals surface area contributed by atoms with Crippen LogP contribution in [0, 0.1) is 5.82 Å². The number of rotatable bonds is 4. The van der Waals surface area contributed by atoms with Crippen molar-refractivity contribution in [2.45, 2.75) is 31.8 Å². The zero-order chi connectivity index (χ0) is 16.9. The Morgan fingerprint density at radius 3 is 3.08 bits per heavy atom. The summed E-state index contributed by atoms with van der Waals surface area (Å²) in [5.41, 5.74) is 1.45. The van der Waals surface area contributed by atoms with Gasteiger partial charge in [-0.15, -0.1) is 0 Å². The minimum atomic E-state index is -0.321. The number of carbonyl (C=O) groups excluding carboxylic acids is 1. The van der Waals surface area contributed by atoms with Crippen LogP contribution in [0.5, 0.6) is 0 Å². The first-order valence-electron chi connectivity index (χ1n) is 8.12. The summed E-state index contributed by atoms with van der Waals surface area (Å²) in [6, 6.07) is 5.89. The van der Waals surface area contributed by atoms with Gasteiger partial charge in [0.2, 0.25) is 0 Å². The fraction of sp³-hybridized carbons (Fsp3) is 0.412. The highest BCUT2D eigenvalue weighted by Gasteiger charge is 2.25. The normalized spacial score (nSPS) is 17.8. The molecule has 6 nitrogen and oxygen atoms in total. The molecule has 1 atom stereocenters. The molecule has 2 aromatic rings. The molecule has 7 heteroatoms. The van der Waals surface area contributed by atoms with Crippen LogP contribution in [0.1, 0.15) is 24.8 Å². The number of carbonyl (C=O) groups is 1. The maximum atomic E-state index is 13.3. The summed E-state index contributed by atoms with van der Waals surface area (Å²) in [4.78, 5) is 14.0. The molecule has 2 amide bonds. The van der Waals surface area contributed by atoms with E-state index < -0.39 is 0 Å². The fourth-order valence-electron chi connectivity index (χ4n) is 2.95. The number of hydrogen-bond donors (Lipinski definition) is 2. The molecule has 128 valence electrons. The van der Waals surface area contributed by atoms with Gasteiger partial charge in [-0.1, -0.05) is 6.07 Å². The number of aromatic nitrogens is 2. The summed E-state index contributed by atoms with van der Waals surface area (Å²) in [6.45, 7) is 0.993. The molecular formula is C17H21FN4O2. The topological polar surface area (TPSA) is 70.4 Å². The molecule has 1 aromatic carbocycles. The van der Waals surface area contributed by atoms with E-state index in [-0.39, 0.29) is 24.5 Å². The lowest BCUT2D eigenvalue weighted by Crippen LogP contribution is -2.49. The Labute approximate surface area is 139 Å². The number of hydrogen-bond acceptors (Lipinski definition) is 3. The molecule has 1 saturated heterocycles. The van der Waals surface area contributed by atoms with Crippen molar-refractivity contribution in [3.8, 4) is 5.69 Å². The number of nitrogens with zero attached hydrogens (tertiary/aromatic N) is 3. The Kier molecular flexibility index (Phi) is 5.10. The third-order valence-electron chi connectivity index (χ3n) is 4.25. The van der Waals surface area contributed by atoms with Crippen LogP contribution >= 0.6 is 0 Å². The van der Waals surface area contributed by atoms with Crippen molar-refractivity contribution >= 4 is 6.03 Å². The number of aliphatic hydroxyl groups excluding tert-OH is 1. The van der Waals surface area contributed by atoms with Crippen LogP contribution < -0.4 is 5.32 Å². The highest BCUT2D eigenvalue weighted by Crippen LogP contribution is 2.16. The molecule has 0 unspecified atom stereocenters. The highest BCUT2D eigenvalue weighted by molar-refractivity contribution is 5.74. The Morgan fingerprint density at radius 1 is 1.42 bits per heavy atom. The summed E-state index contributed by atoms with van der Waals surface area (Å²) in [6.07, 6.45) is 6.23. The molecule has 0 bridgehead atoms. The first-order chi connectivity index (χ1) is 11.7. The zero-order valence-electron chi connectivity index (χ0n) is 13.4. The van der Waals surface area contributed by atoms with E-state index in [1.807, 2.05) is 0 Å². The number of piperidine rings is 1. The fourth-order valence-corrected chi connectivity index (χ4v) is 2.95. The van der Waals surface area contributed by atoms with Crippen molar-refractivity contribution in [2.75, 3.05) is 13.2 Å². The van der Waals surface area contributed by atoms with E-state index in [0.29, 0.717) is 18.8 Å². The Hall–Kier alpha value is -2.41. The third-order valence-corrected chi connectivity index (χ3v) is 4.25. The molecule has 0 spiro atoms. The molecule has 1 aromatic heterocycles. The largest absolute Gasteiger partial charge is 0.394 e. The molecule has 0 aliphatic carbocycles. The summed E-state index contributed by atoms with van der Waals surface area (Å²) in [7, 11) is 0. The van der Waals surface area contributed by atoms with Gasteiger partial charge < -0.3 is 15.3 Å². The number of aliphatic hydroxyl groups is 1. The zero-order valence-corrected chi connectivity index (χ0v) is 13.4. The number of nitrogens with one attached hydrogen (secondary N) is 1. The summed E-state index contributed by atoms with van der Waals surface area (Å²) in [5, 5.41) is 16.4. The van der Waals surface area contributed by atoms with Gasteiger partial charge in [-0.05, 0) is 37.5 Å². The molecule has 2 heterocycles. The van der Waals surface area contributed by atoms with Crippen LogP contribution in [-0.4, -0.2) is 45.0 Å². The molecule has 1 aliphatic heterocycles. The lowest BCUT2D eigenvalue weighted by atomic mass is 10.0. The van der Waals surface area contributed by atoms with Crippen LogP contribution in [0.3, 0.4) is 0 Å². The Bertz CT molecular complexity index is 703. The van der Waals surface area contributed by atoms with Crippen molar-refractivity contribution in [1.29, 1.82) is 0 Å². The Morgan fingerprint density at radius 2 is 2.29 bits per heavy atom. The van der Waals surface area contributed by atoms with Crippen molar-refractivity contribution in [2.24, 2.45) is 0 Å². The van der Waals surface area contributed by atoms with Gasteiger partial charge in [-0.25, -0.2) is 13.9 Å². The third kappa shape index (κ3) is 3.73. The van der Waals surface area contributed by atoms with E-state index in [1.54, 1.807) is 34.1 Å². The number of halogens is 1. The van der Waals surface area contributed by atoms with E-state index in [9.17, 15) is 14.3 Å². The molecular weight excluding hydrogens is 311 g/mol. The lowest BCUT2D eigenvalue weighted by molar-refractivity contribution is 0.108. The van der Waals surface area contributed by atoms with Crippen LogP contribution in [0.15, 0.2) is 36.7 Å². The first kappa shape index (κ1) is 16.4. The average molecular weight is 332 g/mol. The second-order valence-electron chi connectivity index (χ2n) is 5.96. The SMILES string of the molecule is O=C(NCc1cnn(-c2cccc(F)c2)c1)N1CCCC[C@@H]1CO. The van der Waals surface area contributed by atoms with Gasteiger partial charge in [-0.2, -0.15) is 5.10 Å². The number of benzene rings is 1. The summed E-state index contributed by atoms with van der Waals surface area (Å²) >= 11 is 0. The number of likely N-dealkylation sites (tertiary alicyclic amines) is 1. The molecule has 1 fully saturated rings. The van der Waals surface area contributed by atoms with Gasteiger partial charge in [0.15, 0.2) is 0 Å². The van der Waals surface area contributed by atoms with Crippen LogP contribution in [0.25, 0.3) is 5.69 Å². The van der Waals surface area contributed by atoms with Crippen molar-refractivity contribution in [3.05, 3.63) is 48.0 Å². The monoisotopic (exact) mass is 332 g/mol. The van der Waals surface area contributed by atoms with Gasteiger partial charge in [0, 0.05) is 24.8 Å². The van der Waals surface area contributed by atoms with Gasteiger partial charge in [0.1, 0.15) is 5.82 Å². The van der Waals surface area contributed by atoms with E-state index in [0.717, 1.165) is 24.8 Å². The molecule has 2 N–H and O–H groups in total.